The number of piperidine rings is 1. The van der Waals surface area contributed by atoms with Gasteiger partial charge in [0.1, 0.15) is 0 Å². The van der Waals surface area contributed by atoms with Crippen LogP contribution in [0.4, 0.5) is 11.6 Å². The number of amides is 1. The molecule has 0 radical (unpaired) electrons. The molecule has 1 aliphatic heterocycles. The van der Waals surface area contributed by atoms with Crippen molar-refractivity contribution in [3.63, 3.8) is 0 Å². The van der Waals surface area contributed by atoms with Gasteiger partial charge in [-0.25, -0.2) is 4.52 Å². The Kier molecular flexibility index (Phi) is 6.77. The number of hydrogen-bond acceptors (Lipinski definition) is 5. The van der Waals surface area contributed by atoms with Crippen molar-refractivity contribution in [1.82, 2.24) is 24.8 Å². The average Bonchev–Trinajstić information content (AvgIpc) is 3.29. The number of nitrogens with zero attached hydrogens (tertiary/aromatic N) is 4. The number of hydrogen-bond donors (Lipinski definition) is 2. The Morgan fingerprint density at radius 3 is 2.49 bits per heavy atom. The number of aromatic nitrogens is 3. The van der Waals surface area contributed by atoms with Gasteiger partial charge in [0.25, 0.3) is 5.91 Å². The third-order valence-corrected chi connectivity index (χ3v) is 6.65. The highest BCUT2D eigenvalue weighted by Gasteiger charge is 2.16. The fourth-order valence-corrected chi connectivity index (χ4v) is 4.55. The van der Waals surface area contributed by atoms with E-state index in [-0.39, 0.29) is 5.91 Å². The highest BCUT2D eigenvalue weighted by Crippen LogP contribution is 2.26. The van der Waals surface area contributed by atoms with Crippen molar-refractivity contribution in [3.05, 3.63) is 78.0 Å². The lowest BCUT2D eigenvalue weighted by Crippen LogP contribution is -2.32. The van der Waals surface area contributed by atoms with Crippen molar-refractivity contribution in [3.8, 4) is 11.1 Å². The van der Waals surface area contributed by atoms with E-state index >= 15 is 0 Å². The molecular weight excluding hydrogens is 436 g/mol. The van der Waals surface area contributed by atoms with Gasteiger partial charge in [-0.05, 0) is 86.3 Å². The zero-order valence-electron chi connectivity index (χ0n) is 20.4. The lowest BCUT2D eigenvalue weighted by molar-refractivity contribution is 0.0956. The van der Waals surface area contributed by atoms with Gasteiger partial charge in [-0.3, -0.25) is 9.69 Å². The zero-order valence-corrected chi connectivity index (χ0v) is 20.4. The topological polar surface area (TPSA) is 74.6 Å². The minimum absolute atomic E-state index is 0.0777. The summed E-state index contributed by atoms with van der Waals surface area (Å²) in [7, 11) is 0. The normalized spacial score (nSPS) is 14.8. The number of rotatable bonds is 7. The maximum atomic E-state index is 12.0. The summed E-state index contributed by atoms with van der Waals surface area (Å²) in [6, 6.07) is 20.2. The Bertz CT molecular complexity index is 1290. The lowest BCUT2D eigenvalue weighted by Gasteiger charge is -2.30. The molecule has 7 heteroatoms. The number of carbonyl (C=O) groups is 1. The van der Waals surface area contributed by atoms with Crippen LogP contribution in [0, 0.1) is 5.92 Å². The fourth-order valence-electron chi connectivity index (χ4n) is 4.55. The molecule has 0 spiro atoms. The second kappa shape index (κ2) is 10.3. The maximum absolute atomic E-state index is 12.0. The molecule has 0 aliphatic carbocycles. The minimum atomic E-state index is -0.0777. The van der Waals surface area contributed by atoms with Crippen LogP contribution in [0.15, 0.2) is 66.9 Å². The van der Waals surface area contributed by atoms with E-state index in [0.29, 0.717) is 18.1 Å². The van der Waals surface area contributed by atoms with Crippen molar-refractivity contribution >= 4 is 23.2 Å². The first kappa shape index (κ1) is 23.1. The number of anilines is 2. The predicted molar refractivity (Wildman–Crippen MR) is 140 cm³/mol. The van der Waals surface area contributed by atoms with Crippen molar-refractivity contribution in [2.24, 2.45) is 5.92 Å². The van der Waals surface area contributed by atoms with Gasteiger partial charge in [0, 0.05) is 36.1 Å². The molecule has 0 atom stereocenters. The molecule has 3 heterocycles. The highest BCUT2D eigenvalue weighted by atomic mass is 16.1. The number of nitrogens with one attached hydrogen (secondary N) is 2. The third-order valence-electron chi connectivity index (χ3n) is 6.65. The molecule has 2 N–H and O–H groups in total. The molecule has 35 heavy (non-hydrogen) atoms. The number of likely N-dealkylation sites (tertiary alicyclic amines) is 1. The van der Waals surface area contributed by atoms with E-state index in [1.165, 1.54) is 31.5 Å². The third kappa shape index (κ3) is 5.35. The second-order valence-corrected chi connectivity index (χ2v) is 9.34. The van der Waals surface area contributed by atoms with E-state index in [0.717, 1.165) is 34.9 Å². The van der Waals surface area contributed by atoms with Gasteiger partial charge in [0.2, 0.25) is 5.95 Å². The van der Waals surface area contributed by atoms with E-state index < -0.39 is 0 Å². The second-order valence-electron chi connectivity index (χ2n) is 9.34. The number of pyridine rings is 1. The van der Waals surface area contributed by atoms with Gasteiger partial charge in [0.15, 0.2) is 5.65 Å². The largest absolute Gasteiger partial charge is 0.352 e. The number of fused-ring (bicyclic) bond motifs is 1. The maximum Gasteiger partial charge on any atom is 0.251 e. The van der Waals surface area contributed by atoms with Gasteiger partial charge in [-0.2, -0.15) is 4.98 Å². The molecule has 1 amide bonds. The Morgan fingerprint density at radius 1 is 1.03 bits per heavy atom. The molecule has 4 aromatic rings. The molecule has 1 aliphatic rings. The van der Waals surface area contributed by atoms with Crippen LogP contribution in [0.1, 0.15) is 42.6 Å². The summed E-state index contributed by atoms with van der Waals surface area (Å²) in [6.07, 6.45) is 4.49. The summed E-state index contributed by atoms with van der Waals surface area (Å²) in [5, 5.41) is 10.6. The van der Waals surface area contributed by atoms with Gasteiger partial charge in [-0.1, -0.05) is 31.2 Å². The summed E-state index contributed by atoms with van der Waals surface area (Å²) in [5.41, 5.74) is 5.75. The molecule has 0 unspecified atom stereocenters. The van der Waals surface area contributed by atoms with Crippen LogP contribution in [0.5, 0.6) is 0 Å². The van der Waals surface area contributed by atoms with Crippen LogP contribution >= 0.6 is 0 Å². The highest BCUT2D eigenvalue weighted by molar-refractivity contribution is 5.94. The summed E-state index contributed by atoms with van der Waals surface area (Å²) in [5.74, 6) is 1.29. The number of carbonyl (C=O) groups excluding carboxylic acids is 1. The van der Waals surface area contributed by atoms with Gasteiger partial charge >= 0.3 is 0 Å². The molecule has 7 nitrogen and oxygen atoms in total. The van der Waals surface area contributed by atoms with Crippen LogP contribution in [0.25, 0.3) is 16.8 Å². The first-order valence-corrected chi connectivity index (χ1v) is 12.4. The summed E-state index contributed by atoms with van der Waals surface area (Å²) < 4.78 is 1.80. The van der Waals surface area contributed by atoms with Crippen LogP contribution < -0.4 is 10.6 Å². The van der Waals surface area contributed by atoms with Crippen molar-refractivity contribution < 1.29 is 4.79 Å². The molecule has 180 valence electrons. The van der Waals surface area contributed by atoms with E-state index in [9.17, 15) is 4.79 Å². The molecular formula is C28H32N6O. The summed E-state index contributed by atoms with van der Waals surface area (Å²) in [6.45, 7) is 8.24. The minimum Gasteiger partial charge on any atom is -0.352 e. The van der Waals surface area contributed by atoms with Crippen molar-refractivity contribution in [2.75, 3.05) is 25.0 Å². The van der Waals surface area contributed by atoms with Gasteiger partial charge < -0.3 is 10.6 Å². The molecule has 0 bridgehead atoms. The van der Waals surface area contributed by atoms with Gasteiger partial charge in [-0.15, -0.1) is 5.10 Å². The molecule has 0 saturated carbocycles. The SMILES string of the molecule is CCNC(=O)c1ccc(Nc2nc3c(-c4ccc(CN5CCC(C)CC5)cc4)cccn3n2)cc1. The fraction of sp³-hybridized carbons (Fsp3) is 0.321. The lowest BCUT2D eigenvalue weighted by atomic mass is 9.98. The molecule has 1 saturated heterocycles. The first-order chi connectivity index (χ1) is 17.1. The Hall–Kier alpha value is -3.71. The average molecular weight is 469 g/mol. The van der Waals surface area contributed by atoms with E-state index in [4.69, 9.17) is 4.98 Å². The van der Waals surface area contributed by atoms with Crippen molar-refractivity contribution in [2.45, 2.75) is 33.2 Å². The Balaban J connectivity index is 1.31. The number of benzene rings is 2. The predicted octanol–water partition coefficient (Wildman–Crippen LogP) is 5.12. The van der Waals surface area contributed by atoms with E-state index in [1.54, 1.807) is 16.6 Å². The molecule has 5 rings (SSSR count). The molecule has 1 fully saturated rings. The summed E-state index contributed by atoms with van der Waals surface area (Å²) in [4.78, 5) is 19.3. The molecule has 2 aromatic carbocycles. The van der Waals surface area contributed by atoms with Crippen molar-refractivity contribution in [1.29, 1.82) is 0 Å². The monoisotopic (exact) mass is 468 g/mol. The quantitative estimate of drug-likeness (QED) is 0.394. The Labute approximate surface area is 206 Å². The zero-order chi connectivity index (χ0) is 24.2. The van der Waals surface area contributed by atoms with Crippen LogP contribution in [0.3, 0.4) is 0 Å². The smallest absolute Gasteiger partial charge is 0.251 e. The van der Waals surface area contributed by atoms with Crippen LogP contribution in [-0.4, -0.2) is 45.0 Å². The van der Waals surface area contributed by atoms with E-state index in [1.807, 2.05) is 31.3 Å². The summed E-state index contributed by atoms with van der Waals surface area (Å²) >= 11 is 0. The van der Waals surface area contributed by atoms with Gasteiger partial charge in [0.05, 0.1) is 0 Å². The van der Waals surface area contributed by atoms with Crippen LogP contribution in [0.2, 0.25) is 0 Å². The molecule has 2 aromatic heterocycles. The Morgan fingerprint density at radius 2 is 1.77 bits per heavy atom. The standard InChI is InChI=1S/C28H32N6O/c1-3-29-27(35)23-10-12-24(13-11-23)30-28-31-26-25(5-4-16-34(26)32-28)22-8-6-21(7-9-22)19-33-17-14-20(2)15-18-33/h4-13,16,20H,3,14-15,17-19H2,1-2H3,(H,29,35)(H,30,32). The first-order valence-electron chi connectivity index (χ1n) is 12.4. The van der Waals surface area contributed by atoms with Crippen LogP contribution in [-0.2, 0) is 6.54 Å². The van der Waals surface area contributed by atoms with E-state index in [2.05, 4.69) is 57.9 Å².